The van der Waals surface area contributed by atoms with Crippen LogP contribution in [0.3, 0.4) is 0 Å². The summed E-state index contributed by atoms with van der Waals surface area (Å²) in [6, 6.07) is 0.616. The number of hydrogen-bond acceptors (Lipinski definition) is 6. The lowest BCUT2D eigenvalue weighted by molar-refractivity contribution is 0.259. The van der Waals surface area contributed by atoms with Gasteiger partial charge in [-0.25, -0.2) is 0 Å². The van der Waals surface area contributed by atoms with Gasteiger partial charge in [0.15, 0.2) is 0 Å². The lowest BCUT2D eigenvalue weighted by Crippen LogP contribution is -2.09. The van der Waals surface area contributed by atoms with Crippen LogP contribution in [0, 0.1) is 5.92 Å². The van der Waals surface area contributed by atoms with Crippen molar-refractivity contribution < 1.29 is 9.47 Å². The van der Waals surface area contributed by atoms with E-state index in [9.17, 15) is 0 Å². The second-order valence-electron chi connectivity index (χ2n) is 4.57. The maximum absolute atomic E-state index is 5.55. The van der Waals surface area contributed by atoms with Crippen LogP contribution < -0.4 is 14.8 Å². The molecule has 0 bridgehead atoms. The summed E-state index contributed by atoms with van der Waals surface area (Å²) >= 11 is 0. The molecule has 0 aromatic carbocycles. The third kappa shape index (κ3) is 6.22. The molecule has 6 nitrogen and oxygen atoms in total. The summed E-state index contributed by atoms with van der Waals surface area (Å²) in [5.74, 6) is 1.16. The molecule has 19 heavy (non-hydrogen) atoms. The molecule has 108 valence electrons. The fourth-order valence-electron chi connectivity index (χ4n) is 1.49. The van der Waals surface area contributed by atoms with Gasteiger partial charge in [0, 0.05) is 6.54 Å². The lowest BCUT2D eigenvalue weighted by Gasteiger charge is -2.09. The predicted octanol–water partition coefficient (Wildman–Crippen LogP) is 2.52. The van der Waals surface area contributed by atoms with Crippen LogP contribution in [0.15, 0.2) is 0 Å². The van der Waals surface area contributed by atoms with Gasteiger partial charge in [0.2, 0.25) is 5.95 Å². The molecule has 1 aromatic rings. The standard InChI is InChI=1S/C13H24N4O2/c1-5-14-11-15-12(18-6-2)17-13(16-11)19-9-7-8-10(3)4/h10H,5-9H2,1-4H3,(H,14,15,16,17). The van der Waals surface area contributed by atoms with Gasteiger partial charge in [-0.1, -0.05) is 13.8 Å². The number of rotatable bonds is 9. The predicted molar refractivity (Wildman–Crippen MR) is 74.7 cm³/mol. The second-order valence-corrected chi connectivity index (χ2v) is 4.57. The van der Waals surface area contributed by atoms with Gasteiger partial charge in [-0.15, -0.1) is 4.98 Å². The first-order chi connectivity index (χ1) is 9.15. The Balaban J connectivity index is 2.59. The SMILES string of the molecule is CCNc1nc(OCC)nc(OCCCC(C)C)n1. The zero-order valence-electron chi connectivity index (χ0n) is 12.3. The Morgan fingerprint density at radius 1 is 1.05 bits per heavy atom. The second kappa shape index (κ2) is 8.50. The minimum atomic E-state index is 0.298. The van der Waals surface area contributed by atoms with Crippen molar-refractivity contribution in [2.45, 2.75) is 40.5 Å². The highest BCUT2D eigenvalue weighted by atomic mass is 16.5. The van der Waals surface area contributed by atoms with Crippen LogP contribution in [-0.4, -0.2) is 34.7 Å². The van der Waals surface area contributed by atoms with Crippen molar-refractivity contribution in [1.29, 1.82) is 0 Å². The molecule has 1 rings (SSSR count). The van der Waals surface area contributed by atoms with Gasteiger partial charge in [0.1, 0.15) is 0 Å². The summed E-state index contributed by atoms with van der Waals surface area (Å²) < 4.78 is 10.8. The number of anilines is 1. The monoisotopic (exact) mass is 268 g/mol. The third-order valence-electron chi connectivity index (χ3n) is 2.36. The van der Waals surface area contributed by atoms with Gasteiger partial charge >= 0.3 is 12.0 Å². The minimum Gasteiger partial charge on any atom is -0.464 e. The molecule has 0 aliphatic rings. The zero-order chi connectivity index (χ0) is 14.1. The molecule has 0 amide bonds. The number of nitrogens with one attached hydrogen (secondary N) is 1. The van der Waals surface area contributed by atoms with Crippen LogP contribution >= 0.6 is 0 Å². The van der Waals surface area contributed by atoms with Crippen molar-refractivity contribution in [3.63, 3.8) is 0 Å². The van der Waals surface area contributed by atoms with Gasteiger partial charge < -0.3 is 14.8 Å². The van der Waals surface area contributed by atoms with Gasteiger partial charge in [-0.05, 0) is 32.6 Å². The molecule has 1 N–H and O–H groups in total. The Morgan fingerprint density at radius 3 is 2.32 bits per heavy atom. The van der Waals surface area contributed by atoms with Crippen molar-refractivity contribution in [3.8, 4) is 12.0 Å². The molecule has 0 radical (unpaired) electrons. The van der Waals surface area contributed by atoms with Crippen LogP contribution in [0.25, 0.3) is 0 Å². The van der Waals surface area contributed by atoms with Gasteiger partial charge in [-0.3, -0.25) is 0 Å². The van der Waals surface area contributed by atoms with Crippen LogP contribution in [0.2, 0.25) is 0 Å². The van der Waals surface area contributed by atoms with E-state index in [0.717, 1.165) is 19.4 Å². The largest absolute Gasteiger partial charge is 0.464 e. The number of nitrogens with zero attached hydrogens (tertiary/aromatic N) is 3. The fraction of sp³-hybridized carbons (Fsp3) is 0.769. The molecule has 0 aliphatic heterocycles. The van der Waals surface area contributed by atoms with E-state index >= 15 is 0 Å². The molecule has 0 aliphatic carbocycles. The van der Waals surface area contributed by atoms with Crippen LogP contribution in [0.1, 0.15) is 40.5 Å². The van der Waals surface area contributed by atoms with Gasteiger partial charge in [-0.2, -0.15) is 9.97 Å². The number of hydrogen-bond donors (Lipinski definition) is 1. The molecule has 0 saturated carbocycles. The Kier molecular flexibility index (Phi) is 6.92. The van der Waals surface area contributed by atoms with E-state index in [-0.39, 0.29) is 0 Å². The molecular weight excluding hydrogens is 244 g/mol. The average molecular weight is 268 g/mol. The summed E-state index contributed by atoms with van der Waals surface area (Å²) in [5, 5.41) is 3.03. The van der Waals surface area contributed by atoms with Gasteiger partial charge in [0.05, 0.1) is 13.2 Å². The Hall–Kier alpha value is -1.59. The molecule has 0 saturated heterocycles. The molecule has 1 heterocycles. The Labute approximate surface area is 115 Å². The first-order valence-corrected chi connectivity index (χ1v) is 6.91. The number of aromatic nitrogens is 3. The van der Waals surface area contributed by atoms with Crippen molar-refractivity contribution in [2.24, 2.45) is 5.92 Å². The number of ether oxygens (including phenoxy) is 2. The maximum atomic E-state index is 5.55. The van der Waals surface area contributed by atoms with E-state index in [4.69, 9.17) is 9.47 Å². The summed E-state index contributed by atoms with van der Waals surface area (Å²) in [5.41, 5.74) is 0. The molecule has 1 aromatic heterocycles. The third-order valence-corrected chi connectivity index (χ3v) is 2.36. The fourth-order valence-corrected chi connectivity index (χ4v) is 1.49. The normalized spacial score (nSPS) is 10.6. The molecule has 0 unspecified atom stereocenters. The van der Waals surface area contributed by atoms with Crippen LogP contribution in [0.5, 0.6) is 12.0 Å². The highest BCUT2D eigenvalue weighted by molar-refractivity contribution is 5.27. The van der Waals surface area contributed by atoms with Crippen LogP contribution in [-0.2, 0) is 0 Å². The summed E-state index contributed by atoms with van der Waals surface area (Å²) in [6.45, 7) is 10.1. The topological polar surface area (TPSA) is 69.2 Å². The molecule has 0 spiro atoms. The molecule has 0 fully saturated rings. The maximum Gasteiger partial charge on any atom is 0.324 e. The quantitative estimate of drug-likeness (QED) is 0.694. The highest BCUT2D eigenvalue weighted by Crippen LogP contribution is 2.13. The summed E-state index contributed by atoms with van der Waals surface area (Å²) in [6.07, 6.45) is 2.12. The van der Waals surface area contributed by atoms with Gasteiger partial charge in [0.25, 0.3) is 0 Å². The first kappa shape index (κ1) is 15.5. The van der Waals surface area contributed by atoms with E-state index in [0.29, 0.717) is 37.1 Å². The van der Waals surface area contributed by atoms with Crippen LogP contribution in [0.4, 0.5) is 5.95 Å². The minimum absolute atomic E-state index is 0.298. The first-order valence-electron chi connectivity index (χ1n) is 6.91. The highest BCUT2D eigenvalue weighted by Gasteiger charge is 2.07. The Bertz CT molecular complexity index is 347. The summed E-state index contributed by atoms with van der Waals surface area (Å²) in [7, 11) is 0. The van der Waals surface area contributed by atoms with Crippen molar-refractivity contribution in [1.82, 2.24) is 15.0 Å². The van der Waals surface area contributed by atoms with Crippen molar-refractivity contribution >= 4 is 5.95 Å². The molecular formula is C13H24N4O2. The Morgan fingerprint density at radius 2 is 1.74 bits per heavy atom. The van der Waals surface area contributed by atoms with E-state index < -0.39 is 0 Å². The lowest BCUT2D eigenvalue weighted by atomic mass is 10.1. The smallest absolute Gasteiger partial charge is 0.324 e. The average Bonchev–Trinajstić information content (AvgIpc) is 2.35. The molecule has 0 atom stereocenters. The molecule has 6 heteroatoms. The zero-order valence-corrected chi connectivity index (χ0v) is 12.3. The van der Waals surface area contributed by atoms with E-state index in [2.05, 4.69) is 34.1 Å². The van der Waals surface area contributed by atoms with E-state index in [1.165, 1.54) is 0 Å². The van der Waals surface area contributed by atoms with Crippen molar-refractivity contribution in [3.05, 3.63) is 0 Å². The van der Waals surface area contributed by atoms with E-state index in [1.54, 1.807) is 0 Å². The van der Waals surface area contributed by atoms with E-state index in [1.807, 2.05) is 13.8 Å². The van der Waals surface area contributed by atoms with Crippen molar-refractivity contribution in [2.75, 3.05) is 25.1 Å². The summed E-state index contributed by atoms with van der Waals surface area (Å²) in [4.78, 5) is 12.4.